The zero-order valence-corrected chi connectivity index (χ0v) is 12.4. The van der Waals surface area contributed by atoms with E-state index in [1.165, 1.54) is 18.4 Å². The van der Waals surface area contributed by atoms with Crippen molar-refractivity contribution in [3.8, 4) is 0 Å². The second-order valence-corrected chi connectivity index (χ2v) is 5.70. The lowest BCUT2D eigenvalue weighted by Crippen LogP contribution is -1.99. The molecule has 1 N–H and O–H groups in total. The van der Waals surface area contributed by atoms with Crippen LogP contribution in [0.15, 0.2) is 34.9 Å². The third-order valence-electron chi connectivity index (χ3n) is 3.29. The predicted octanol–water partition coefficient (Wildman–Crippen LogP) is 4.42. The highest BCUT2D eigenvalue weighted by Gasteiger charge is 2.27. The van der Waals surface area contributed by atoms with Crippen molar-refractivity contribution in [1.82, 2.24) is 9.97 Å². The SMILES string of the molecule is CCc1ccc(Nc2cc(Br)nc(C3CC3)n2)cc1. The molecule has 1 aliphatic carbocycles. The first-order valence-electron chi connectivity index (χ1n) is 6.65. The van der Waals surface area contributed by atoms with Crippen molar-refractivity contribution in [1.29, 1.82) is 0 Å². The van der Waals surface area contributed by atoms with Gasteiger partial charge in [0.25, 0.3) is 0 Å². The molecule has 0 atom stereocenters. The largest absolute Gasteiger partial charge is 0.340 e. The van der Waals surface area contributed by atoms with E-state index in [4.69, 9.17) is 0 Å². The van der Waals surface area contributed by atoms with Crippen LogP contribution in [0.5, 0.6) is 0 Å². The lowest BCUT2D eigenvalue weighted by atomic mass is 10.1. The molecule has 0 amide bonds. The van der Waals surface area contributed by atoms with E-state index in [1.807, 2.05) is 6.07 Å². The fraction of sp³-hybridized carbons (Fsp3) is 0.333. The molecule has 1 saturated carbocycles. The Hall–Kier alpha value is -1.42. The van der Waals surface area contributed by atoms with Crippen LogP contribution in [0, 0.1) is 0 Å². The number of rotatable bonds is 4. The third kappa shape index (κ3) is 3.13. The highest BCUT2D eigenvalue weighted by molar-refractivity contribution is 9.10. The van der Waals surface area contributed by atoms with Crippen LogP contribution in [0.25, 0.3) is 0 Å². The summed E-state index contributed by atoms with van der Waals surface area (Å²) in [7, 11) is 0. The van der Waals surface area contributed by atoms with Crippen molar-refractivity contribution >= 4 is 27.4 Å². The van der Waals surface area contributed by atoms with Gasteiger partial charge in [-0.2, -0.15) is 0 Å². The summed E-state index contributed by atoms with van der Waals surface area (Å²) in [5.74, 6) is 2.36. The lowest BCUT2D eigenvalue weighted by Gasteiger charge is -2.08. The fourth-order valence-electron chi connectivity index (χ4n) is 2.00. The summed E-state index contributed by atoms with van der Waals surface area (Å²) >= 11 is 3.45. The third-order valence-corrected chi connectivity index (χ3v) is 3.70. The van der Waals surface area contributed by atoms with Gasteiger partial charge in [0.15, 0.2) is 0 Å². The van der Waals surface area contributed by atoms with Crippen LogP contribution in [-0.2, 0) is 6.42 Å². The van der Waals surface area contributed by atoms with E-state index in [9.17, 15) is 0 Å². The van der Waals surface area contributed by atoms with E-state index in [0.29, 0.717) is 5.92 Å². The summed E-state index contributed by atoms with van der Waals surface area (Å²) < 4.78 is 0.845. The smallest absolute Gasteiger partial charge is 0.135 e. The summed E-state index contributed by atoms with van der Waals surface area (Å²) in [4.78, 5) is 9.01. The van der Waals surface area contributed by atoms with Crippen LogP contribution in [0.1, 0.15) is 37.1 Å². The van der Waals surface area contributed by atoms with Gasteiger partial charge in [-0.25, -0.2) is 9.97 Å². The van der Waals surface area contributed by atoms with Gasteiger partial charge in [-0.1, -0.05) is 19.1 Å². The molecule has 3 rings (SSSR count). The van der Waals surface area contributed by atoms with E-state index in [2.05, 4.69) is 62.4 Å². The lowest BCUT2D eigenvalue weighted by molar-refractivity contribution is 0.919. The van der Waals surface area contributed by atoms with Crippen molar-refractivity contribution in [3.63, 3.8) is 0 Å². The predicted molar refractivity (Wildman–Crippen MR) is 80.8 cm³/mol. The number of nitrogens with one attached hydrogen (secondary N) is 1. The Morgan fingerprint density at radius 3 is 2.58 bits per heavy atom. The second-order valence-electron chi connectivity index (χ2n) is 4.88. The maximum atomic E-state index is 4.58. The van der Waals surface area contributed by atoms with Crippen molar-refractivity contribution in [2.75, 3.05) is 5.32 Å². The molecule has 98 valence electrons. The maximum absolute atomic E-state index is 4.58. The average Bonchev–Trinajstić information content (AvgIpc) is 3.23. The number of halogens is 1. The van der Waals surface area contributed by atoms with Crippen LogP contribution >= 0.6 is 15.9 Å². The number of hydrogen-bond acceptors (Lipinski definition) is 3. The number of hydrogen-bond donors (Lipinski definition) is 1. The first-order valence-corrected chi connectivity index (χ1v) is 7.44. The molecule has 0 spiro atoms. The van der Waals surface area contributed by atoms with Crippen LogP contribution in [-0.4, -0.2) is 9.97 Å². The number of aromatic nitrogens is 2. The molecule has 1 heterocycles. The van der Waals surface area contributed by atoms with Crippen molar-refractivity contribution in [2.24, 2.45) is 0 Å². The molecule has 0 aliphatic heterocycles. The summed E-state index contributed by atoms with van der Waals surface area (Å²) in [6.07, 6.45) is 3.48. The number of nitrogens with zero attached hydrogens (tertiary/aromatic N) is 2. The van der Waals surface area contributed by atoms with Gasteiger partial charge in [0.2, 0.25) is 0 Å². The van der Waals surface area contributed by atoms with Gasteiger partial charge in [-0.3, -0.25) is 0 Å². The average molecular weight is 318 g/mol. The van der Waals surface area contributed by atoms with Crippen molar-refractivity contribution in [2.45, 2.75) is 32.1 Å². The minimum atomic E-state index is 0.556. The monoisotopic (exact) mass is 317 g/mol. The molecule has 1 aliphatic rings. The molecular weight excluding hydrogens is 302 g/mol. The second kappa shape index (κ2) is 5.29. The molecule has 2 aromatic rings. The molecule has 0 saturated heterocycles. The van der Waals surface area contributed by atoms with E-state index in [-0.39, 0.29) is 0 Å². The Morgan fingerprint density at radius 2 is 1.95 bits per heavy atom. The highest BCUT2D eigenvalue weighted by Crippen LogP contribution is 2.39. The van der Waals surface area contributed by atoms with Gasteiger partial charge in [-0.15, -0.1) is 0 Å². The van der Waals surface area contributed by atoms with Gasteiger partial charge in [0.05, 0.1) is 0 Å². The quantitative estimate of drug-likeness (QED) is 0.848. The molecule has 3 nitrogen and oxygen atoms in total. The molecule has 1 fully saturated rings. The molecule has 1 aromatic carbocycles. The van der Waals surface area contributed by atoms with E-state index in [1.54, 1.807) is 0 Å². The van der Waals surface area contributed by atoms with Gasteiger partial charge >= 0.3 is 0 Å². The molecule has 0 unspecified atom stereocenters. The summed E-state index contributed by atoms with van der Waals surface area (Å²) in [6.45, 7) is 2.16. The number of anilines is 2. The first-order chi connectivity index (χ1) is 9.24. The van der Waals surface area contributed by atoms with Crippen LogP contribution in [0.2, 0.25) is 0 Å². The Balaban J connectivity index is 1.81. The summed E-state index contributed by atoms with van der Waals surface area (Å²) in [6, 6.07) is 10.4. The van der Waals surface area contributed by atoms with Crippen LogP contribution < -0.4 is 5.32 Å². The summed E-state index contributed by atoms with van der Waals surface area (Å²) in [5, 5.41) is 3.34. The van der Waals surface area contributed by atoms with Gasteiger partial charge < -0.3 is 5.32 Å². The Bertz CT molecular complexity index is 576. The van der Waals surface area contributed by atoms with E-state index >= 15 is 0 Å². The fourth-order valence-corrected chi connectivity index (χ4v) is 2.39. The molecule has 0 radical (unpaired) electrons. The molecule has 0 bridgehead atoms. The minimum absolute atomic E-state index is 0.556. The summed E-state index contributed by atoms with van der Waals surface area (Å²) in [5.41, 5.74) is 2.40. The molecule has 1 aromatic heterocycles. The Morgan fingerprint density at radius 1 is 1.21 bits per heavy atom. The zero-order valence-electron chi connectivity index (χ0n) is 10.9. The Labute approximate surface area is 121 Å². The van der Waals surface area contributed by atoms with Crippen LogP contribution in [0.4, 0.5) is 11.5 Å². The molecule has 19 heavy (non-hydrogen) atoms. The Kier molecular flexibility index (Phi) is 3.51. The van der Waals surface area contributed by atoms with Gasteiger partial charge in [0.1, 0.15) is 16.2 Å². The van der Waals surface area contributed by atoms with Crippen molar-refractivity contribution in [3.05, 3.63) is 46.3 Å². The molecular formula is C15H16BrN3. The number of benzene rings is 1. The normalized spacial score (nSPS) is 14.4. The first kappa shape index (κ1) is 12.6. The van der Waals surface area contributed by atoms with Crippen molar-refractivity contribution < 1.29 is 0 Å². The van der Waals surface area contributed by atoms with E-state index in [0.717, 1.165) is 28.4 Å². The van der Waals surface area contributed by atoms with Gasteiger partial charge in [0, 0.05) is 17.7 Å². The highest BCUT2D eigenvalue weighted by atomic mass is 79.9. The topological polar surface area (TPSA) is 37.8 Å². The van der Waals surface area contributed by atoms with Crippen LogP contribution in [0.3, 0.4) is 0 Å². The maximum Gasteiger partial charge on any atom is 0.135 e. The zero-order chi connectivity index (χ0) is 13.2. The molecule has 4 heteroatoms. The van der Waals surface area contributed by atoms with Gasteiger partial charge in [-0.05, 0) is 52.9 Å². The van der Waals surface area contributed by atoms with E-state index < -0.39 is 0 Å². The minimum Gasteiger partial charge on any atom is -0.340 e. The standard InChI is InChI=1S/C15H16BrN3/c1-2-10-3-7-12(8-4-10)17-14-9-13(16)18-15(19-14)11-5-6-11/h3-4,7-9,11H,2,5-6H2,1H3,(H,17,18,19). The number of aryl methyl sites for hydroxylation is 1.